The Bertz CT molecular complexity index is 921. The first-order chi connectivity index (χ1) is 13.4. The van der Waals surface area contributed by atoms with Crippen LogP contribution in [0.25, 0.3) is 0 Å². The van der Waals surface area contributed by atoms with E-state index in [1.165, 1.54) is 5.57 Å². The molecule has 7 nitrogen and oxygen atoms in total. The third kappa shape index (κ3) is 3.71. The van der Waals surface area contributed by atoms with Crippen molar-refractivity contribution in [2.24, 2.45) is 5.18 Å². The number of benzene rings is 1. The number of rotatable bonds is 6. The van der Waals surface area contributed by atoms with Gasteiger partial charge in [-0.2, -0.15) is 0 Å². The summed E-state index contributed by atoms with van der Waals surface area (Å²) in [5.74, 6) is 0.689. The lowest BCUT2D eigenvalue weighted by atomic mass is 9.95. The van der Waals surface area contributed by atoms with E-state index in [9.17, 15) is 4.91 Å². The molecule has 0 saturated carbocycles. The fourth-order valence-corrected chi connectivity index (χ4v) is 3.62. The van der Waals surface area contributed by atoms with Gasteiger partial charge in [-0.05, 0) is 60.0 Å². The number of tetrazole rings is 1. The number of allylic oxidation sites excluding steroid dienone is 1. The van der Waals surface area contributed by atoms with Gasteiger partial charge in [0.05, 0.1) is 11.6 Å². The summed E-state index contributed by atoms with van der Waals surface area (Å²) >= 11 is 0. The molecule has 0 saturated heterocycles. The summed E-state index contributed by atoms with van der Waals surface area (Å²) in [7, 11) is 0. The minimum absolute atomic E-state index is 0.301. The van der Waals surface area contributed by atoms with Gasteiger partial charge in [0.25, 0.3) is 0 Å². The Kier molecular flexibility index (Phi) is 5.65. The number of aromatic nitrogens is 4. The molecule has 146 valence electrons. The Labute approximate surface area is 165 Å². The second kappa shape index (κ2) is 7.98. The lowest BCUT2D eigenvalue weighted by molar-refractivity contribution is 0.213. The van der Waals surface area contributed by atoms with Gasteiger partial charge in [-0.1, -0.05) is 43.5 Å². The van der Waals surface area contributed by atoms with Crippen LogP contribution in [-0.4, -0.2) is 38.2 Å². The minimum Gasteiger partial charge on any atom is -0.285 e. The second-order valence-corrected chi connectivity index (χ2v) is 7.85. The van der Waals surface area contributed by atoms with Crippen LogP contribution in [0, 0.1) is 4.91 Å². The highest BCUT2D eigenvalue weighted by Gasteiger charge is 2.34. The number of hydrogen-bond donors (Lipinski definition) is 0. The van der Waals surface area contributed by atoms with Crippen LogP contribution in [0.3, 0.4) is 0 Å². The van der Waals surface area contributed by atoms with Crippen molar-refractivity contribution in [3.8, 4) is 0 Å². The molecule has 1 unspecified atom stereocenters. The maximum Gasteiger partial charge on any atom is 0.173 e. The van der Waals surface area contributed by atoms with E-state index in [1.54, 1.807) is 6.07 Å². The highest BCUT2D eigenvalue weighted by molar-refractivity contribution is 5.49. The smallest absolute Gasteiger partial charge is 0.173 e. The summed E-state index contributed by atoms with van der Waals surface area (Å²) in [5.41, 5.74) is 3.21. The van der Waals surface area contributed by atoms with E-state index in [4.69, 9.17) is 0 Å². The summed E-state index contributed by atoms with van der Waals surface area (Å²) in [6, 6.07) is 7.06. The van der Waals surface area contributed by atoms with Gasteiger partial charge in [0.2, 0.25) is 0 Å². The molecule has 3 rings (SSSR count). The normalized spacial score (nSPS) is 16.7. The van der Waals surface area contributed by atoms with Gasteiger partial charge in [0, 0.05) is 18.7 Å². The fraction of sp³-hybridized carbons (Fsp3) is 0.381. The lowest BCUT2D eigenvalue weighted by Crippen LogP contribution is -2.38. The molecule has 2 aromatic rings. The van der Waals surface area contributed by atoms with Crippen LogP contribution in [0.15, 0.2) is 65.9 Å². The van der Waals surface area contributed by atoms with Crippen LogP contribution in [-0.2, 0) is 5.54 Å². The average molecular weight is 378 g/mol. The third-order valence-corrected chi connectivity index (χ3v) is 5.02. The van der Waals surface area contributed by atoms with E-state index in [0.29, 0.717) is 18.1 Å². The van der Waals surface area contributed by atoms with Crippen molar-refractivity contribution in [2.45, 2.75) is 38.8 Å². The zero-order valence-electron chi connectivity index (χ0n) is 16.7. The summed E-state index contributed by atoms with van der Waals surface area (Å²) in [5, 5.41) is 15.8. The lowest BCUT2D eigenvalue weighted by Gasteiger charge is -2.36. The highest BCUT2D eigenvalue weighted by atomic mass is 16.3. The summed E-state index contributed by atoms with van der Waals surface area (Å²) in [6.45, 7) is 15.5. The first-order valence-corrected chi connectivity index (χ1v) is 9.32. The molecule has 0 bridgehead atoms. The van der Waals surface area contributed by atoms with Crippen LogP contribution in [0.1, 0.15) is 44.6 Å². The van der Waals surface area contributed by atoms with E-state index >= 15 is 0 Å². The van der Waals surface area contributed by atoms with Crippen LogP contribution in [0.2, 0.25) is 0 Å². The molecule has 1 atom stereocenters. The molecule has 0 spiro atoms. The number of hydrogen-bond acceptors (Lipinski definition) is 6. The van der Waals surface area contributed by atoms with Crippen molar-refractivity contribution in [2.75, 3.05) is 13.1 Å². The predicted octanol–water partition coefficient (Wildman–Crippen LogP) is 4.29. The van der Waals surface area contributed by atoms with Crippen LogP contribution in [0.4, 0.5) is 5.69 Å². The molecule has 1 aromatic heterocycles. The summed E-state index contributed by atoms with van der Waals surface area (Å²) in [6.07, 6.45) is 4.61. The molecule has 7 heteroatoms. The Morgan fingerprint density at radius 1 is 1.18 bits per heavy atom. The Hall–Kier alpha value is -2.93. The van der Waals surface area contributed by atoms with Crippen molar-refractivity contribution < 1.29 is 0 Å². The van der Waals surface area contributed by atoms with E-state index in [2.05, 4.69) is 59.5 Å². The third-order valence-electron chi connectivity index (χ3n) is 5.02. The first-order valence-electron chi connectivity index (χ1n) is 9.32. The second-order valence-electron chi connectivity index (χ2n) is 7.85. The molecule has 1 aliphatic heterocycles. The SMILES string of the molecule is C=CC1=C(C=C)CN(C(c2ccccc2N=O)c2nnnn2C(C)(C)C)CC1. The standard InChI is InChI=1S/C21H26N6O/c1-6-15-12-13-26(14-16(15)7-2)19(17-10-8-9-11-18(17)23-28)20-22-24-25-27(20)21(3,4)5/h6-11,19H,1-2,12-14H2,3-5H3. The fourth-order valence-electron chi connectivity index (χ4n) is 3.62. The Balaban J connectivity index is 2.16. The number of nitrogens with zero attached hydrogens (tertiary/aromatic N) is 6. The Morgan fingerprint density at radius 2 is 1.89 bits per heavy atom. The molecular weight excluding hydrogens is 352 g/mol. The molecule has 0 N–H and O–H groups in total. The van der Waals surface area contributed by atoms with Crippen LogP contribution >= 0.6 is 0 Å². The van der Waals surface area contributed by atoms with Crippen molar-refractivity contribution in [3.05, 3.63) is 77.0 Å². The largest absolute Gasteiger partial charge is 0.285 e. The van der Waals surface area contributed by atoms with Crippen molar-refractivity contribution in [1.29, 1.82) is 0 Å². The van der Waals surface area contributed by atoms with Gasteiger partial charge in [-0.25, -0.2) is 4.68 Å². The van der Waals surface area contributed by atoms with Crippen molar-refractivity contribution in [1.82, 2.24) is 25.1 Å². The quantitative estimate of drug-likeness (QED) is 0.701. The molecule has 0 radical (unpaired) electrons. The van der Waals surface area contributed by atoms with Crippen molar-refractivity contribution >= 4 is 5.69 Å². The van der Waals surface area contributed by atoms with Gasteiger partial charge in [-0.3, -0.25) is 4.90 Å². The molecule has 28 heavy (non-hydrogen) atoms. The molecule has 0 fully saturated rings. The van der Waals surface area contributed by atoms with E-state index < -0.39 is 0 Å². The zero-order valence-corrected chi connectivity index (χ0v) is 16.7. The van der Waals surface area contributed by atoms with Crippen molar-refractivity contribution in [3.63, 3.8) is 0 Å². The average Bonchev–Trinajstić information content (AvgIpc) is 3.18. The van der Waals surface area contributed by atoms with Gasteiger partial charge < -0.3 is 0 Å². The summed E-state index contributed by atoms with van der Waals surface area (Å²) < 4.78 is 1.82. The first kappa shape index (κ1) is 19.8. The number of nitroso groups, excluding NO2 is 1. The monoisotopic (exact) mass is 378 g/mol. The van der Waals surface area contributed by atoms with E-state index in [0.717, 1.165) is 24.1 Å². The van der Waals surface area contributed by atoms with E-state index in [1.807, 2.05) is 35.0 Å². The van der Waals surface area contributed by atoms with Gasteiger partial charge in [0.15, 0.2) is 5.82 Å². The van der Waals surface area contributed by atoms with Gasteiger partial charge in [0.1, 0.15) is 5.69 Å². The van der Waals surface area contributed by atoms with Crippen LogP contribution in [0.5, 0.6) is 0 Å². The molecule has 1 aliphatic rings. The van der Waals surface area contributed by atoms with Crippen LogP contribution < -0.4 is 0 Å². The predicted molar refractivity (Wildman–Crippen MR) is 110 cm³/mol. The maximum absolute atomic E-state index is 11.5. The molecule has 1 aromatic carbocycles. The molecular formula is C21H26N6O. The highest BCUT2D eigenvalue weighted by Crippen LogP contribution is 2.37. The Morgan fingerprint density at radius 3 is 2.54 bits per heavy atom. The van der Waals surface area contributed by atoms with Gasteiger partial charge in [-0.15, -0.1) is 10.0 Å². The minimum atomic E-state index is -0.306. The molecule has 2 heterocycles. The summed E-state index contributed by atoms with van der Waals surface area (Å²) in [4.78, 5) is 13.8. The zero-order chi connectivity index (χ0) is 20.3. The topological polar surface area (TPSA) is 76.3 Å². The maximum atomic E-state index is 11.5. The molecule has 0 amide bonds. The molecule has 0 aliphatic carbocycles. The van der Waals surface area contributed by atoms with E-state index in [-0.39, 0.29) is 11.6 Å². The van der Waals surface area contributed by atoms with Gasteiger partial charge >= 0.3 is 0 Å².